The van der Waals surface area contributed by atoms with Crippen LogP contribution in [0, 0.1) is 5.92 Å². The Balaban J connectivity index is 1.25. The predicted molar refractivity (Wildman–Crippen MR) is 147 cm³/mol. The van der Waals surface area contributed by atoms with Crippen LogP contribution in [0.15, 0.2) is 36.7 Å². The first-order chi connectivity index (χ1) is 18.1. The first kappa shape index (κ1) is 25.2. The minimum Gasteiger partial charge on any atom is -0.390 e. The highest BCUT2D eigenvalue weighted by atomic mass is 32.2. The molecule has 202 valence electrons. The molecule has 1 aromatic carbocycles. The number of benzene rings is 1. The van der Waals surface area contributed by atoms with Crippen molar-refractivity contribution in [2.45, 2.75) is 43.9 Å². The molecule has 0 amide bonds. The average molecular weight is 541 g/mol. The van der Waals surface area contributed by atoms with Gasteiger partial charge in [-0.15, -0.1) is 0 Å². The van der Waals surface area contributed by atoms with Crippen molar-refractivity contribution in [3.05, 3.63) is 42.2 Å². The number of anilines is 4. The predicted octanol–water partition coefficient (Wildman–Crippen LogP) is 3.43. The van der Waals surface area contributed by atoms with Crippen LogP contribution < -0.4 is 15.1 Å². The summed E-state index contributed by atoms with van der Waals surface area (Å²) < 4.78 is 38.1. The number of pyridine rings is 1. The second kappa shape index (κ2) is 9.30. The van der Waals surface area contributed by atoms with Crippen molar-refractivity contribution in [2.75, 3.05) is 53.3 Å². The standard InChI is InChI=1S/C27H33FN6O3S/c1-27(28)16-33(10-8-23(27)35)26-29-9-7-24(32-26)31-25-11-20-19(18-3-4-18)5-6-22(21(20)12-30-25)34-13-17(14-34)15-38(2,36)37/h5-7,9,11-12,17-18,23,35H,3-4,8,10,13-16H2,1-2H3,(H,29,30,31,32)/t23-,27+/m1/s1. The molecule has 9 nitrogen and oxygen atoms in total. The Morgan fingerprint density at radius 1 is 1.11 bits per heavy atom. The summed E-state index contributed by atoms with van der Waals surface area (Å²) in [5.74, 6) is 2.55. The second-order valence-corrected chi connectivity index (χ2v) is 13.5. The van der Waals surface area contributed by atoms with Gasteiger partial charge in [0.05, 0.1) is 18.4 Å². The van der Waals surface area contributed by atoms with Gasteiger partial charge in [-0.25, -0.2) is 22.8 Å². The number of halogens is 1. The number of nitrogens with one attached hydrogen (secondary N) is 1. The van der Waals surface area contributed by atoms with Gasteiger partial charge in [0.15, 0.2) is 5.67 Å². The number of aliphatic hydroxyl groups excluding tert-OH is 1. The molecule has 2 N–H and O–H groups in total. The topological polar surface area (TPSA) is 112 Å². The highest BCUT2D eigenvalue weighted by Crippen LogP contribution is 2.46. The molecule has 0 spiro atoms. The first-order valence-electron chi connectivity index (χ1n) is 13.1. The maximum absolute atomic E-state index is 14.7. The van der Waals surface area contributed by atoms with Gasteiger partial charge in [0, 0.05) is 55.3 Å². The number of sulfone groups is 1. The van der Waals surface area contributed by atoms with Gasteiger partial charge in [-0.3, -0.25) is 0 Å². The molecule has 6 rings (SSSR count). The molecule has 0 radical (unpaired) electrons. The highest BCUT2D eigenvalue weighted by Gasteiger charge is 2.40. The molecule has 4 heterocycles. The third-order valence-electron chi connectivity index (χ3n) is 7.81. The fourth-order valence-electron chi connectivity index (χ4n) is 5.65. The maximum atomic E-state index is 14.7. The van der Waals surface area contributed by atoms with Crippen molar-refractivity contribution in [2.24, 2.45) is 5.92 Å². The van der Waals surface area contributed by atoms with Crippen molar-refractivity contribution in [3.8, 4) is 0 Å². The van der Waals surface area contributed by atoms with Crippen molar-refractivity contribution >= 4 is 43.9 Å². The average Bonchev–Trinajstić information content (AvgIpc) is 3.67. The minimum absolute atomic E-state index is 0.0287. The summed E-state index contributed by atoms with van der Waals surface area (Å²) in [4.78, 5) is 17.6. The van der Waals surface area contributed by atoms with E-state index in [1.165, 1.54) is 31.6 Å². The molecule has 11 heteroatoms. The fourth-order valence-corrected chi connectivity index (χ4v) is 6.72. The zero-order valence-corrected chi connectivity index (χ0v) is 22.5. The minimum atomic E-state index is -2.99. The van der Waals surface area contributed by atoms with E-state index in [0.717, 1.165) is 29.5 Å². The van der Waals surface area contributed by atoms with Crippen LogP contribution in [0.3, 0.4) is 0 Å². The third kappa shape index (κ3) is 5.13. The van der Waals surface area contributed by atoms with Crippen LogP contribution in [0.4, 0.5) is 27.7 Å². The number of piperidine rings is 1. The Morgan fingerprint density at radius 3 is 2.61 bits per heavy atom. The molecule has 38 heavy (non-hydrogen) atoms. The molecular formula is C27H33FN6O3S. The quantitative estimate of drug-likeness (QED) is 0.466. The van der Waals surface area contributed by atoms with E-state index in [2.05, 4.69) is 43.4 Å². The lowest BCUT2D eigenvalue weighted by Crippen LogP contribution is -2.52. The van der Waals surface area contributed by atoms with Crippen LogP contribution in [-0.2, 0) is 9.84 Å². The zero-order valence-electron chi connectivity index (χ0n) is 21.6. The van der Waals surface area contributed by atoms with Crippen LogP contribution in [0.1, 0.15) is 37.7 Å². The summed E-state index contributed by atoms with van der Waals surface area (Å²) in [5.41, 5.74) is 0.669. The van der Waals surface area contributed by atoms with E-state index >= 15 is 0 Å². The van der Waals surface area contributed by atoms with Crippen LogP contribution in [0.25, 0.3) is 10.8 Å². The molecule has 3 aromatic rings. The maximum Gasteiger partial charge on any atom is 0.227 e. The second-order valence-electron chi connectivity index (χ2n) is 11.3. The van der Waals surface area contributed by atoms with Gasteiger partial charge in [0.25, 0.3) is 0 Å². The molecule has 2 saturated heterocycles. The first-order valence-corrected chi connectivity index (χ1v) is 15.2. The van der Waals surface area contributed by atoms with Gasteiger partial charge in [0.1, 0.15) is 21.5 Å². The van der Waals surface area contributed by atoms with E-state index < -0.39 is 21.6 Å². The van der Waals surface area contributed by atoms with Crippen LogP contribution >= 0.6 is 0 Å². The molecule has 2 aliphatic heterocycles. The van der Waals surface area contributed by atoms with Crippen LogP contribution in [0.2, 0.25) is 0 Å². The molecular weight excluding hydrogens is 507 g/mol. The smallest absolute Gasteiger partial charge is 0.227 e. The number of aliphatic hydroxyl groups is 1. The van der Waals surface area contributed by atoms with E-state index in [1.54, 1.807) is 17.2 Å². The van der Waals surface area contributed by atoms with Crippen molar-refractivity contribution in [1.82, 2.24) is 15.0 Å². The molecule has 2 atom stereocenters. The van der Waals surface area contributed by atoms with Crippen LogP contribution in [-0.4, -0.2) is 78.4 Å². The largest absolute Gasteiger partial charge is 0.390 e. The number of nitrogens with zero attached hydrogens (tertiary/aromatic N) is 5. The van der Waals surface area contributed by atoms with E-state index in [0.29, 0.717) is 36.5 Å². The van der Waals surface area contributed by atoms with Crippen molar-refractivity contribution in [3.63, 3.8) is 0 Å². The molecule has 0 unspecified atom stereocenters. The van der Waals surface area contributed by atoms with Gasteiger partial charge < -0.3 is 20.2 Å². The lowest BCUT2D eigenvalue weighted by molar-refractivity contribution is -0.00860. The Morgan fingerprint density at radius 2 is 1.89 bits per heavy atom. The Bertz CT molecular complexity index is 1470. The molecule has 3 fully saturated rings. The van der Waals surface area contributed by atoms with Gasteiger partial charge in [0.2, 0.25) is 5.95 Å². The number of fused-ring (bicyclic) bond motifs is 1. The number of hydrogen-bond acceptors (Lipinski definition) is 9. The number of aromatic nitrogens is 3. The Labute approximate surface area is 222 Å². The Kier molecular flexibility index (Phi) is 6.18. The third-order valence-corrected chi connectivity index (χ3v) is 8.89. The SMILES string of the molecule is C[C@]1(F)CN(c2nccc(Nc3cc4c(C5CC5)ccc(N5CC(CS(C)(=O)=O)C5)c4cn3)n2)CC[C@H]1O. The van der Waals surface area contributed by atoms with E-state index in [-0.39, 0.29) is 18.2 Å². The number of hydrogen-bond donors (Lipinski definition) is 2. The van der Waals surface area contributed by atoms with Gasteiger partial charge in [-0.1, -0.05) is 6.07 Å². The van der Waals surface area contributed by atoms with Crippen molar-refractivity contribution < 1.29 is 17.9 Å². The summed E-state index contributed by atoms with van der Waals surface area (Å²) in [6.45, 7) is 3.36. The summed E-state index contributed by atoms with van der Waals surface area (Å²) in [5, 5.41) is 15.4. The molecule has 1 aliphatic carbocycles. The molecule has 1 saturated carbocycles. The van der Waals surface area contributed by atoms with Gasteiger partial charge >= 0.3 is 0 Å². The normalized spacial score (nSPS) is 24.5. The lowest BCUT2D eigenvalue weighted by Gasteiger charge is -2.41. The zero-order chi connectivity index (χ0) is 26.7. The molecule has 0 bridgehead atoms. The monoisotopic (exact) mass is 540 g/mol. The highest BCUT2D eigenvalue weighted by molar-refractivity contribution is 7.90. The van der Waals surface area contributed by atoms with E-state index in [4.69, 9.17) is 0 Å². The number of alkyl halides is 1. The van der Waals surface area contributed by atoms with Crippen LogP contribution in [0.5, 0.6) is 0 Å². The molecule has 2 aromatic heterocycles. The van der Waals surface area contributed by atoms with Gasteiger partial charge in [-0.05, 0) is 61.3 Å². The molecule has 3 aliphatic rings. The number of rotatable bonds is 7. The summed E-state index contributed by atoms with van der Waals surface area (Å²) >= 11 is 0. The van der Waals surface area contributed by atoms with Crippen molar-refractivity contribution in [1.29, 1.82) is 0 Å². The Hall–Kier alpha value is -3.05. The fraction of sp³-hybridized carbons (Fsp3) is 0.519. The summed E-state index contributed by atoms with van der Waals surface area (Å²) in [6.07, 6.45) is 6.49. The van der Waals surface area contributed by atoms with E-state index in [1.807, 2.05) is 6.20 Å². The lowest BCUT2D eigenvalue weighted by atomic mass is 9.94. The van der Waals surface area contributed by atoms with Gasteiger partial charge in [-0.2, -0.15) is 4.98 Å². The van der Waals surface area contributed by atoms with E-state index in [9.17, 15) is 17.9 Å². The summed E-state index contributed by atoms with van der Waals surface area (Å²) in [6, 6.07) is 8.15. The summed E-state index contributed by atoms with van der Waals surface area (Å²) in [7, 11) is -2.99.